The second kappa shape index (κ2) is 8.44. The first-order valence-corrected chi connectivity index (χ1v) is 12.4. The van der Waals surface area contributed by atoms with Gasteiger partial charge in [-0.05, 0) is 90.2 Å². The molecule has 0 bridgehead atoms. The van der Waals surface area contributed by atoms with Crippen LogP contribution in [0.4, 0.5) is 0 Å². The number of fused-ring (bicyclic) bond motifs is 1. The molecule has 186 valence electrons. The van der Waals surface area contributed by atoms with Gasteiger partial charge in [-0.3, -0.25) is 14.5 Å². The fourth-order valence-corrected chi connectivity index (χ4v) is 5.93. The lowest BCUT2D eigenvalue weighted by Gasteiger charge is -2.48. The molecule has 4 rings (SSSR count). The van der Waals surface area contributed by atoms with E-state index in [0.29, 0.717) is 12.8 Å². The van der Waals surface area contributed by atoms with Crippen LogP contribution in [-0.4, -0.2) is 54.8 Å². The van der Waals surface area contributed by atoms with Crippen molar-refractivity contribution in [1.29, 1.82) is 0 Å². The summed E-state index contributed by atoms with van der Waals surface area (Å²) in [5, 5.41) is 0. The normalized spacial score (nSPS) is 31.7. The van der Waals surface area contributed by atoms with Crippen molar-refractivity contribution < 1.29 is 23.6 Å². The van der Waals surface area contributed by atoms with Crippen LogP contribution in [0.3, 0.4) is 0 Å². The molecular formula is C26H39BN2O5. The van der Waals surface area contributed by atoms with E-state index in [1.165, 1.54) is 4.90 Å². The number of hydrogen-bond acceptors (Lipinski definition) is 6. The lowest BCUT2D eigenvalue weighted by molar-refractivity contribution is -0.150. The molecule has 7 nitrogen and oxygen atoms in total. The van der Waals surface area contributed by atoms with Gasteiger partial charge in [0.05, 0.1) is 17.3 Å². The van der Waals surface area contributed by atoms with E-state index >= 15 is 0 Å². The smallest absolute Gasteiger partial charge is 0.399 e. The number of methoxy groups -OCH3 is 1. The summed E-state index contributed by atoms with van der Waals surface area (Å²) in [6.45, 7) is 11.7. The Morgan fingerprint density at radius 2 is 1.76 bits per heavy atom. The van der Waals surface area contributed by atoms with Crippen molar-refractivity contribution in [3.63, 3.8) is 0 Å². The highest BCUT2D eigenvalue weighted by atomic mass is 16.7. The SMILES string of the molecule is COC1CCC2(CC1)Cc1ccc(B3OC(C)(C)C(C)(C)O3)cc1C2(N)C(=O)N(C=O)C(C)C. The highest BCUT2D eigenvalue weighted by molar-refractivity contribution is 6.62. The third-order valence-corrected chi connectivity index (χ3v) is 8.91. The Balaban J connectivity index is 1.80. The van der Waals surface area contributed by atoms with E-state index in [9.17, 15) is 9.59 Å². The first-order valence-electron chi connectivity index (χ1n) is 12.4. The van der Waals surface area contributed by atoms with Gasteiger partial charge in [-0.25, -0.2) is 0 Å². The number of ether oxygens (including phenoxy) is 1. The maximum Gasteiger partial charge on any atom is 0.494 e. The first-order chi connectivity index (χ1) is 15.8. The van der Waals surface area contributed by atoms with Crippen molar-refractivity contribution in [2.24, 2.45) is 11.1 Å². The molecule has 1 aromatic carbocycles. The second-order valence-electron chi connectivity index (χ2n) is 11.6. The van der Waals surface area contributed by atoms with Crippen LogP contribution < -0.4 is 11.2 Å². The van der Waals surface area contributed by atoms with Crippen LogP contribution in [-0.2, 0) is 35.6 Å². The van der Waals surface area contributed by atoms with Crippen molar-refractivity contribution in [3.8, 4) is 0 Å². The van der Waals surface area contributed by atoms with Crippen LogP contribution in [0.5, 0.6) is 0 Å². The fourth-order valence-electron chi connectivity index (χ4n) is 5.93. The molecule has 3 aliphatic rings. The van der Waals surface area contributed by atoms with Gasteiger partial charge in [-0.1, -0.05) is 18.2 Å². The Labute approximate surface area is 203 Å². The molecule has 1 saturated carbocycles. The molecule has 1 heterocycles. The maximum absolute atomic E-state index is 14.0. The maximum atomic E-state index is 14.0. The number of rotatable bonds is 5. The Kier molecular flexibility index (Phi) is 6.29. The molecular weight excluding hydrogens is 431 g/mol. The summed E-state index contributed by atoms with van der Waals surface area (Å²) in [6.07, 6.45) is 4.69. The highest BCUT2D eigenvalue weighted by Crippen LogP contribution is 2.57. The van der Waals surface area contributed by atoms with Crippen molar-refractivity contribution in [1.82, 2.24) is 4.90 Å². The standard InChI is InChI=1S/C26H39BN2O5/c1-17(2)29(16-30)22(31)26(28)21-14-19(27-33-23(3,4)24(5,6)34-27)9-8-18(21)15-25(26)12-10-20(32-7)11-13-25/h8-9,14,16-17,20H,10-13,15,28H2,1-7H3. The lowest BCUT2D eigenvalue weighted by Crippen LogP contribution is -2.62. The van der Waals surface area contributed by atoms with Gasteiger partial charge in [0, 0.05) is 18.6 Å². The monoisotopic (exact) mass is 470 g/mol. The Morgan fingerprint density at radius 1 is 1.18 bits per heavy atom. The van der Waals surface area contributed by atoms with Crippen LogP contribution in [0, 0.1) is 5.41 Å². The van der Waals surface area contributed by atoms with Crippen LogP contribution in [0.15, 0.2) is 18.2 Å². The summed E-state index contributed by atoms with van der Waals surface area (Å²) in [5.74, 6) is -0.335. The molecule has 1 spiro atoms. The summed E-state index contributed by atoms with van der Waals surface area (Å²) in [5.41, 5.74) is 7.18. The highest BCUT2D eigenvalue weighted by Gasteiger charge is 2.62. The Hall–Kier alpha value is -1.74. The Bertz CT molecular complexity index is 954. The minimum Gasteiger partial charge on any atom is -0.399 e. The van der Waals surface area contributed by atoms with Gasteiger partial charge in [0.2, 0.25) is 6.41 Å². The van der Waals surface area contributed by atoms with E-state index in [1.54, 1.807) is 7.11 Å². The molecule has 1 unspecified atom stereocenters. The number of carbonyl (C=O) groups is 2. The quantitative estimate of drug-likeness (QED) is 0.526. The molecule has 34 heavy (non-hydrogen) atoms. The van der Waals surface area contributed by atoms with Crippen LogP contribution >= 0.6 is 0 Å². The summed E-state index contributed by atoms with van der Waals surface area (Å²) in [4.78, 5) is 27.3. The zero-order chi connectivity index (χ0) is 25.1. The van der Waals surface area contributed by atoms with Crippen molar-refractivity contribution >= 4 is 24.9 Å². The molecule has 8 heteroatoms. The molecule has 1 aliphatic heterocycles. The van der Waals surface area contributed by atoms with E-state index in [4.69, 9.17) is 19.8 Å². The van der Waals surface area contributed by atoms with Gasteiger partial charge in [-0.2, -0.15) is 0 Å². The number of nitrogens with zero attached hydrogens (tertiary/aromatic N) is 1. The molecule has 1 aromatic rings. The predicted molar refractivity (Wildman–Crippen MR) is 131 cm³/mol. The van der Waals surface area contributed by atoms with Crippen molar-refractivity contribution in [3.05, 3.63) is 29.3 Å². The van der Waals surface area contributed by atoms with E-state index < -0.39 is 29.3 Å². The number of carbonyl (C=O) groups excluding carboxylic acids is 2. The summed E-state index contributed by atoms with van der Waals surface area (Å²) in [6, 6.07) is 5.78. The van der Waals surface area contributed by atoms with Crippen LogP contribution in [0.1, 0.15) is 78.4 Å². The minimum absolute atomic E-state index is 0.168. The van der Waals surface area contributed by atoms with Crippen LogP contribution in [0.25, 0.3) is 0 Å². The van der Waals surface area contributed by atoms with Gasteiger partial charge in [-0.15, -0.1) is 0 Å². The second-order valence-corrected chi connectivity index (χ2v) is 11.6. The predicted octanol–water partition coefficient (Wildman–Crippen LogP) is 2.66. The van der Waals surface area contributed by atoms with Gasteiger partial charge in [0.25, 0.3) is 5.91 Å². The summed E-state index contributed by atoms with van der Waals surface area (Å²) in [7, 11) is 1.18. The third-order valence-electron chi connectivity index (χ3n) is 8.91. The van der Waals surface area contributed by atoms with E-state index in [2.05, 4.69) is 6.07 Å². The van der Waals surface area contributed by atoms with E-state index in [0.717, 1.165) is 42.3 Å². The molecule has 2 aliphatic carbocycles. The van der Waals surface area contributed by atoms with Gasteiger partial charge < -0.3 is 19.8 Å². The van der Waals surface area contributed by atoms with E-state index in [-0.39, 0.29) is 18.1 Å². The largest absolute Gasteiger partial charge is 0.494 e. The molecule has 1 saturated heterocycles. The topological polar surface area (TPSA) is 91.1 Å². The summed E-state index contributed by atoms with van der Waals surface area (Å²) < 4.78 is 18.2. The molecule has 2 amide bonds. The number of imide groups is 1. The number of hydrogen-bond donors (Lipinski definition) is 1. The molecule has 2 fully saturated rings. The zero-order valence-corrected chi connectivity index (χ0v) is 21.6. The van der Waals surface area contributed by atoms with Gasteiger partial charge in [0.15, 0.2) is 0 Å². The third kappa shape index (κ3) is 3.65. The van der Waals surface area contributed by atoms with Crippen molar-refractivity contribution in [2.45, 2.75) is 103 Å². The molecule has 2 N–H and O–H groups in total. The number of amides is 2. The number of nitrogens with two attached hydrogens (primary N) is 1. The average Bonchev–Trinajstić information content (AvgIpc) is 3.15. The Morgan fingerprint density at radius 3 is 2.26 bits per heavy atom. The van der Waals surface area contributed by atoms with Crippen LogP contribution in [0.2, 0.25) is 0 Å². The summed E-state index contributed by atoms with van der Waals surface area (Å²) >= 11 is 0. The zero-order valence-electron chi connectivity index (χ0n) is 21.6. The average molecular weight is 470 g/mol. The van der Waals surface area contributed by atoms with E-state index in [1.807, 2.05) is 53.7 Å². The molecule has 0 radical (unpaired) electrons. The fraction of sp³-hybridized carbons (Fsp3) is 0.692. The van der Waals surface area contributed by atoms with Gasteiger partial charge in [0.1, 0.15) is 5.54 Å². The lowest BCUT2D eigenvalue weighted by atomic mass is 9.61. The molecule has 0 aromatic heterocycles. The number of benzene rings is 1. The van der Waals surface area contributed by atoms with Crippen molar-refractivity contribution in [2.75, 3.05) is 7.11 Å². The van der Waals surface area contributed by atoms with Gasteiger partial charge >= 0.3 is 7.12 Å². The molecule has 1 atom stereocenters. The first kappa shape index (κ1) is 25.4. The minimum atomic E-state index is -1.31.